The van der Waals surface area contributed by atoms with Crippen molar-refractivity contribution < 1.29 is 8.42 Å². The maximum atomic E-state index is 12.5. The minimum Gasteiger partial charge on any atom is -0.351 e. The fraction of sp³-hybridized carbons (Fsp3) is 0.176. The lowest BCUT2D eigenvalue weighted by molar-refractivity contribution is 0.596. The van der Waals surface area contributed by atoms with Crippen molar-refractivity contribution in [2.24, 2.45) is 0 Å². The molecule has 1 aliphatic heterocycles. The number of hydrogen-bond acceptors (Lipinski definition) is 5. The van der Waals surface area contributed by atoms with Crippen LogP contribution in [0.5, 0.6) is 0 Å². The van der Waals surface area contributed by atoms with E-state index >= 15 is 0 Å². The number of hydrogen-bond donors (Lipinski definition) is 0. The van der Waals surface area contributed by atoms with Crippen LogP contribution in [-0.2, 0) is 16.4 Å². The molecule has 0 bridgehead atoms. The molecule has 0 spiro atoms. The van der Waals surface area contributed by atoms with Crippen molar-refractivity contribution in [3.8, 4) is 0 Å². The highest BCUT2D eigenvalue weighted by Crippen LogP contribution is 2.29. The first kappa shape index (κ1) is 15.4. The molecule has 1 aromatic carbocycles. The summed E-state index contributed by atoms with van der Waals surface area (Å²) in [5, 5.41) is 1.34. The van der Waals surface area contributed by atoms with Crippen molar-refractivity contribution in [1.82, 2.24) is 9.97 Å². The lowest BCUT2D eigenvalue weighted by Gasteiger charge is -2.22. The van der Waals surface area contributed by atoms with Gasteiger partial charge in [0.1, 0.15) is 5.82 Å². The van der Waals surface area contributed by atoms with E-state index in [1.54, 1.807) is 36.7 Å². The van der Waals surface area contributed by atoms with Crippen LogP contribution >= 0.6 is 11.6 Å². The number of rotatable bonds is 1. The second kappa shape index (κ2) is 5.72. The maximum absolute atomic E-state index is 12.5. The van der Waals surface area contributed by atoms with E-state index in [0.717, 1.165) is 16.5 Å². The Morgan fingerprint density at radius 2 is 2.00 bits per heavy atom. The SMILES string of the molecule is O=S1(=O)CCN(c2cc(Cl)c3cnccc3n2)Cc2ccccc21. The number of aromatic nitrogens is 2. The molecule has 3 heterocycles. The minimum absolute atomic E-state index is 0.0533. The molecule has 0 N–H and O–H groups in total. The summed E-state index contributed by atoms with van der Waals surface area (Å²) in [6.07, 6.45) is 3.34. The Morgan fingerprint density at radius 1 is 1.17 bits per heavy atom. The molecule has 3 aromatic rings. The summed E-state index contributed by atoms with van der Waals surface area (Å²) < 4.78 is 24.9. The minimum atomic E-state index is -3.28. The van der Waals surface area contributed by atoms with Gasteiger partial charge >= 0.3 is 0 Å². The molecule has 5 nitrogen and oxygen atoms in total. The van der Waals surface area contributed by atoms with Crippen LogP contribution in [0, 0.1) is 0 Å². The summed E-state index contributed by atoms with van der Waals surface area (Å²) in [6.45, 7) is 0.853. The first-order valence-electron chi connectivity index (χ1n) is 7.50. The molecule has 24 heavy (non-hydrogen) atoms. The Morgan fingerprint density at radius 3 is 2.88 bits per heavy atom. The summed E-state index contributed by atoms with van der Waals surface area (Å²) in [4.78, 5) is 11.1. The summed E-state index contributed by atoms with van der Waals surface area (Å²) >= 11 is 6.35. The van der Waals surface area contributed by atoms with Crippen molar-refractivity contribution in [2.75, 3.05) is 17.2 Å². The highest BCUT2D eigenvalue weighted by Gasteiger charge is 2.26. The summed E-state index contributed by atoms with van der Waals surface area (Å²) in [5.41, 5.74) is 1.52. The van der Waals surface area contributed by atoms with E-state index in [0.29, 0.717) is 28.8 Å². The molecule has 0 aliphatic carbocycles. The molecule has 0 saturated carbocycles. The van der Waals surface area contributed by atoms with Crippen LogP contribution in [0.15, 0.2) is 53.7 Å². The normalized spacial score (nSPS) is 16.6. The van der Waals surface area contributed by atoms with Crippen molar-refractivity contribution in [3.05, 3.63) is 59.4 Å². The highest BCUT2D eigenvalue weighted by atomic mass is 35.5. The Balaban J connectivity index is 1.81. The van der Waals surface area contributed by atoms with E-state index in [4.69, 9.17) is 11.6 Å². The smallest absolute Gasteiger partial charge is 0.180 e. The zero-order valence-corrected chi connectivity index (χ0v) is 14.3. The van der Waals surface area contributed by atoms with Crippen molar-refractivity contribution in [1.29, 1.82) is 0 Å². The number of sulfone groups is 1. The number of nitrogens with zero attached hydrogens (tertiary/aromatic N) is 3. The summed E-state index contributed by atoms with van der Waals surface area (Å²) in [6, 6.07) is 10.7. The van der Waals surface area contributed by atoms with Gasteiger partial charge in [0.05, 0.1) is 21.2 Å². The van der Waals surface area contributed by atoms with Gasteiger partial charge in [-0.1, -0.05) is 29.8 Å². The van der Waals surface area contributed by atoms with Gasteiger partial charge in [0.2, 0.25) is 0 Å². The molecule has 0 saturated heterocycles. The van der Waals surface area contributed by atoms with Crippen LogP contribution in [0.2, 0.25) is 5.02 Å². The van der Waals surface area contributed by atoms with E-state index < -0.39 is 9.84 Å². The third kappa shape index (κ3) is 2.61. The van der Waals surface area contributed by atoms with Gasteiger partial charge < -0.3 is 4.90 Å². The quantitative estimate of drug-likeness (QED) is 0.668. The molecule has 122 valence electrons. The zero-order valence-electron chi connectivity index (χ0n) is 12.7. The van der Waals surface area contributed by atoms with Crippen LogP contribution in [0.3, 0.4) is 0 Å². The van der Waals surface area contributed by atoms with Gasteiger partial charge in [0, 0.05) is 36.9 Å². The molecule has 7 heteroatoms. The predicted octanol–water partition coefficient (Wildman–Crippen LogP) is 3.08. The van der Waals surface area contributed by atoms with Crippen LogP contribution in [-0.4, -0.2) is 30.7 Å². The molecule has 0 atom stereocenters. The first-order valence-corrected chi connectivity index (χ1v) is 9.53. The van der Waals surface area contributed by atoms with E-state index in [-0.39, 0.29) is 5.75 Å². The summed E-state index contributed by atoms with van der Waals surface area (Å²) in [7, 11) is -3.28. The lowest BCUT2D eigenvalue weighted by atomic mass is 10.2. The van der Waals surface area contributed by atoms with E-state index in [9.17, 15) is 8.42 Å². The number of anilines is 1. The van der Waals surface area contributed by atoms with Crippen molar-refractivity contribution in [3.63, 3.8) is 0 Å². The fourth-order valence-corrected chi connectivity index (χ4v) is 4.68. The van der Waals surface area contributed by atoms with Crippen LogP contribution in [0.25, 0.3) is 10.9 Å². The van der Waals surface area contributed by atoms with E-state index in [1.807, 2.05) is 17.0 Å². The molecular weight excluding hydrogens is 346 g/mol. The van der Waals surface area contributed by atoms with Crippen LogP contribution in [0.4, 0.5) is 5.82 Å². The third-order valence-corrected chi connectivity index (χ3v) is 6.27. The van der Waals surface area contributed by atoms with Gasteiger partial charge in [0.25, 0.3) is 0 Å². The van der Waals surface area contributed by atoms with Gasteiger partial charge in [-0.2, -0.15) is 0 Å². The standard InChI is InChI=1S/C17H14ClN3O2S/c18-14-9-17(20-15-5-6-19-10-13(14)15)21-7-8-24(22,23)16-4-2-1-3-12(16)11-21/h1-6,9-10H,7-8,11H2. The average Bonchev–Trinajstić information content (AvgIpc) is 2.72. The maximum Gasteiger partial charge on any atom is 0.180 e. The number of halogens is 1. The van der Waals surface area contributed by atoms with Gasteiger partial charge in [-0.05, 0) is 17.7 Å². The van der Waals surface area contributed by atoms with Gasteiger partial charge in [-0.15, -0.1) is 0 Å². The monoisotopic (exact) mass is 359 g/mol. The highest BCUT2D eigenvalue weighted by molar-refractivity contribution is 7.91. The zero-order chi connectivity index (χ0) is 16.7. The largest absolute Gasteiger partial charge is 0.351 e. The fourth-order valence-electron chi connectivity index (χ4n) is 2.94. The Hall–Kier alpha value is -2.18. The molecule has 1 aliphatic rings. The van der Waals surface area contributed by atoms with Crippen LogP contribution < -0.4 is 4.90 Å². The third-order valence-electron chi connectivity index (χ3n) is 4.17. The Bertz CT molecular complexity index is 1040. The van der Waals surface area contributed by atoms with Crippen LogP contribution in [0.1, 0.15) is 5.56 Å². The summed E-state index contributed by atoms with van der Waals surface area (Å²) in [5.74, 6) is 0.725. The van der Waals surface area contributed by atoms with E-state index in [1.165, 1.54) is 0 Å². The van der Waals surface area contributed by atoms with E-state index in [2.05, 4.69) is 9.97 Å². The average molecular weight is 360 g/mol. The topological polar surface area (TPSA) is 63.2 Å². The first-order chi connectivity index (χ1) is 11.5. The molecule has 4 rings (SSSR count). The predicted molar refractivity (Wildman–Crippen MR) is 94.1 cm³/mol. The second-order valence-electron chi connectivity index (χ2n) is 5.70. The second-order valence-corrected chi connectivity index (χ2v) is 8.19. The van der Waals surface area contributed by atoms with Gasteiger partial charge in [-0.25, -0.2) is 13.4 Å². The molecule has 0 unspecified atom stereocenters. The molecular formula is C17H14ClN3O2S. The van der Waals surface area contributed by atoms with Crippen molar-refractivity contribution >= 4 is 38.2 Å². The molecule has 0 amide bonds. The Kier molecular flexibility index (Phi) is 3.66. The number of fused-ring (bicyclic) bond motifs is 2. The number of pyridine rings is 2. The van der Waals surface area contributed by atoms with Gasteiger partial charge in [-0.3, -0.25) is 4.98 Å². The Labute approximate surface area is 144 Å². The molecule has 0 radical (unpaired) electrons. The van der Waals surface area contributed by atoms with Gasteiger partial charge in [0.15, 0.2) is 9.84 Å². The number of benzene rings is 1. The van der Waals surface area contributed by atoms with Crippen molar-refractivity contribution in [2.45, 2.75) is 11.4 Å². The lowest BCUT2D eigenvalue weighted by Crippen LogP contribution is -2.26. The molecule has 2 aromatic heterocycles. The molecule has 0 fully saturated rings.